The van der Waals surface area contributed by atoms with Gasteiger partial charge in [0.2, 0.25) is 10.0 Å². The Morgan fingerprint density at radius 1 is 1.39 bits per heavy atom. The van der Waals surface area contributed by atoms with Crippen molar-refractivity contribution < 1.29 is 8.42 Å². The number of benzene rings is 1. The predicted octanol–water partition coefficient (Wildman–Crippen LogP) is 1.88. The Hall–Kier alpha value is -1.70. The molecule has 0 saturated carbocycles. The molecule has 1 heterocycles. The maximum atomic E-state index is 12.1. The van der Waals surface area contributed by atoms with Crippen LogP contribution in [0.3, 0.4) is 0 Å². The van der Waals surface area contributed by atoms with Gasteiger partial charge in [0.1, 0.15) is 0 Å². The lowest BCUT2D eigenvalue weighted by atomic mass is 9.93. The van der Waals surface area contributed by atoms with Gasteiger partial charge in [-0.15, -0.1) is 0 Å². The molecule has 0 radical (unpaired) electrons. The highest BCUT2D eigenvalue weighted by Gasteiger charge is 2.21. The molecule has 0 amide bonds. The van der Waals surface area contributed by atoms with Crippen LogP contribution in [0.25, 0.3) is 0 Å². The summed E-state index contributed by atoms with van der Waals surface area (Å²) in [6, 6.07) is 7.31. The quantitative estimate of drug-likeness (QED) is 0.753. The number of H-pyrrole nitrogens is 1. The van der Waals surface area contributed by atoms with E-state index in [0.717, 1.165) is 30.5 Å². The van der Waals surface area contributed by atoms with Crippen LogP contribution in [0.2, 0.25) is 0 Å². The summed E-state index contributed by atoms with van der Waals surface area (Å²) in [6.45, 7) is 2.78. The van der Waals surface area contributed by atoms with Crippen LogP contribution < -0.4 is 10.0 Å². The number of hydrogen-bond acceptors (Lipinski definition) is 4. The zero-order valence-electron chi connectivity index (χ0n) is 13.2. The van der Waals surface area contributed by atoms with Gasteiger partial charge in [-0.25, -0.2) is 13.1 Å². The van der Waals surface area contributed by atoms with E-state index in [4.69, 9.17) is 0 Å². The lowest BCUT2D eigenvalue weighted by molar-refractivity contribution is 0.449. The first kappa shape index (κ1) is 16.2. The summed E-state index contributed by atoms with van der Waals surface area (Å²) in [7, 11) is -3.41. The number of sulfonamides is 1. The molecule has 0 aliphatic heterocycles. The fourth-order valence-electron chi connectivity index (χ4n) is 3.00. The maximum absolute atomic E-state index is 12.1. The molecule has 7 heteroatoms. The summed E-state index contributed by atoms with van der Waals surface area (Å²) in [5.74, 6) is 0. The molecule has 124 valence electrons. The summed E-state index contributed by atoms with van der Waals surface area (Å²) in [6.07, 6.45) is 5.16. The van der Waals surface area contributed by atoms with Gasteiger partial charge in [-0.2, -0.15) is 5.10 Å². The van der Waals surface area contributed by atoms with Gasteiger partial charge in [0, 0.05) is 19.1 Å². The number of aromatic amines is 1. The van der Waals surface area contributed by atoms with E-state index in [9.17, 15) is 8.42 Å². The first-order chi connectivity index (χ1) is 11.1. The van der Waals surface area contributed by atoms with Crippen LogP contribution in [-0.4, -0.2) is 25.2 Å². The summed E-state index contributed by atoms with van der Waals surface area (Å²) >= 11 is 0. The number of aryl methyl sites for hydroxylation is 1. The third kappa shape index (κ3) is 3.63. The van der Waals surface area contributed by atoms with Crippen LogP contribution in [-0.2, 0) is 23.0 Å². The molecule has 0 spiro atoms. The molecular weight excluding hydrogens is 312 g/mol. The summed E-state index contributed by atoms with van der Waals surface area (Å²) in [4.78, 5) is 0.310. The molecule has 0 bridgehead atoms. The molecule has 2 aromatic rings. The Bertz CT molecular complexity index is 770. The van der Waals surface area contributed by atoms with E-state index < -0.39 is 10.0 Å². The van der Waals surface area contributed by atoms with Crippen LogP contribution in [0.15, 0.2) is 35.4 Å². The van der Waals surface area contributed by atoms with Crippen LogP contribution >= 0.6 is 0 Å². The molecule has 3 N–H and O–H groups in total. The molecular formula is C16H22N4O2S. The lowest BCUT2D eigenvalue weighted by Crippen LogP contribution is -2.25. The van der Waals surface area contributed by atoms with Crippen molar-refractivity contribution in [3.63, 3.8) is 0 Å². The summed E-state index contributed by atoms with van der Waals surface area (Å²) in [5.41, 5.74) is 3.39. The SMILES string of the molecule is CCNS(=O)(=O)c1cccc(CNC2CCCc3cn[nH]c32)c1. The van der Waals surface area contributed by atoms with Crippen LogP contribution in [0.4, 0.5) is 0 Å². The number of hydrogen-bond donors (Lipinski definition) is 3. The molecule has 1 aliphatic carbocycles. The Morgan fingerprint density at radius 3 is 3.09 bits per heavy atom. The van der Waals surface area contributed by atoms with Crippen molar-refractivity contribution in [3.8, 4) is 0 Å². The monoisotopic (exact) mass is 334 g/mol. The van der Waals surface area contributed by atoms with Crippen molar-refractivity contribution in [1.82, 2.24) is 20.2 Å². The highest BCUT2D eigenvalue weighted by Crippen LogP contribution is 2.27. The van der Waals surface area contributed by atoms with Gasteiger partial charge in [0.15, 0.2) is 0 Å². The van der Waals surface area contributed by atoms with E-state index in [0.29, 0.717) is 18.0 Å². The van der Waals surface area contributed by atoms with Crippen molar-refractivity contribution in [2.24, 2.45) is 0 Å². The molecule has 1 aliphatic rings. The minimum Gasteiger partial charge on any atom is -0.305 e. The Balaban J connectivity index is 1.71. The first-order valence-electron chi connectivity index (χ1n) is 7.94. The smallest absolute Gasteiger partial charge is 0.240 e. The number of aromatic nitrogens is 2. The zero-order valence-corrected chi connectivity index (χ0v) is 14.0. The minimum absolute atomic E-state index is 0.246. The third-order valence-electron chi connectivity index (χ3n) is 4.13. The number of rotatable bonds is 6. The number of fused-ring (bicyclic) bond motifs is 1. The third-order valence-corrected chi connectivity index (χ3v) is 5.68. The Morgan fingerprint density at radius 2 is 2.26 bits per heavy atom. The van der Waals surface area contributed by atoms with Crippen molar-refractivity contribution in [3.05, 3.63) is 47.3 Å². The van der Waals surface area contributed by atoms with Gasteiger partial charge < -0.3 is 5.32 Å². The van der Waals surface area contributed by atoms with E-state index in [1.165, 1.54) is 5.56 Å². The molecule has 1 aromatic carbocycles. The molecule has 1 atom stereocenters. The van der Waals surface area contributed by atoms with Gasteiger partial charge >= 0.3 is 0 Å². The van der Waals surface area contributed by atoms with Crippen molar-refractivity contribution in [1.29, 1.82) is 0 Å². The molecule has 3 rings (SSSR count). The van der Waals surface area contributed by atoms with E-state index in [-0.39, 0.29) is 6.04 Å². The van der Waals surface area contributed by atoms with Gasteiger partial charge in [-0.05, 0) is 42.5 Å². The van der Waals surface area contributed by atoms with Crippen LogP contribution in [0.1, 0.15) is 42.6 Å². The van der Waals surface area contributed by atoms with Crippen molar-refractivity contribution >= 4 is 10.0 Å². The van der Waals surface area contributed by atoms with Crippen molar-refractivity contribution in [2.75, 3.05) is 6.54 Å². The average Bonchev–Trinajstić information content (AvgIpc) is 3.02. The van der Waals surface area contributed by atoms with Gasteiger partial charge in [0.05, 0.1) is 16.8 Å². The molecule has 6 nitrogen and oxygen atoms in total. The minimum atomic E-state index is -3.41. The van der Waals surface area contributed by atoms with Crippen LogP contribution in [0, 0.1) is 0 Å². The van der Waals surface area contributed by atoms with Gasteiger partial charge in [0.25, 0.3) is 0 Å². The average molecular weight is 334 g/mol. The predicted molar refractivity (Wildman–Crippen MR) is 88.4 cm³/mol. The fourth-order valence-corrected chi connectivity index (χ4v) is 4.12. The second-order valence-electron chi connectivity index (χ2n) is 5.78. The Labute approximate surface area is 136 Å². The maximum Gasteiger partial charge on any atom is 0.240 e. The van der Waals surface area contributed by atoms with E-state index >= 15 is 0 Å². The molecule has 0 fully saturated rings. The highest BCUT2D eigenvalue weighted by atomic mass is 32.2. The van der Waals surface area contributed by atoms with Gasteiger partial charge in [-0.1, -0.05) is 19.1 Å². The fraction of sp³-hybridized carbons (Fsp3) is 0.438. The molecule has 1 aromatic heterocycles. The van der Waals surface area contributed by atoms with E-state index in [2.05, 4.69) is 20.2 Å². The van der Waals surface area contributed by atoms with Gasteiger partial charge in [-0.3, -0.25) is 5.10 Å². The van der Waals surface area contributed by atoms with Crippen molar-refractivity contribution in [2.45, 2.75) is 43.7 Å². The normalized spacial score (nSPS) is 17.9. The standard InChI is InChI=1S/C16H22N4O2S/c1-2-19-23(21,22)14-7-3-5-12(9-14)10-17-15-8-4-6-13-11-18-20-16(13)15/h3,5,7,9,11,15,17,19H,2,4,6,8,10H2,1H3,(H,18,20). The van der Waals surface area contributed by atoms with E-state index in [1.807, 2.05) is 12.3 Å². The molecule has 1 unspecified atom stereocenters. The lowest BCUT2D eigenvalue weighted by Gasteiger charge is -2.23. The van der Waals surface area contributed by atoms with Crippen LogP contribution in [0.5, 0.6) is 0 Å². The number of nitrogens with one attached hydrogen (secondary N) is 3. The molecule has 0 saturated heterocycles. The first-order valence-corrected chi connectivity index (χ1v) is 9.42. The summed E-state index contributed by atoms with van der Waals surface area (Å²) < 4.78 is 26.7. The highest BCUT2D eigenvalue weighted by molar-refractivity contribution is 7.89. The topological polar surface area (TPSA) is 86.9 Å². The number of nitrogens with zero attached hydrogens (tertiary/aromatic N) is 1. The largest absolute Gasteiger partial charge is 0.305 e. The second-order valence-corrected chi connectivity index (χ2v) is 7.55. The zero-order chi connectivity index (χ0) is 16.3. The molecule has 23 heavy (non-hydrogen) atoms. The van der Waals surface area contributed by atoms with E-state index in [1.54, 1.807) is 25.1 Å². The second kappa shape index (κ2) is 6.82. The Kier molecular flexibility index (Phi) is 4.79. The summed E-state index contributed by atoms with van der Waals surface area (Å²) in [5, 5.41) is 10.7.